The van der Waals surface area contributed by atoms with Gasteiger partial charge in [-0.25, -0.2) is 0 Å². The molecule has 0 aromatic carbocycles. The van der Waals surface area contributed by atoms with E-state index < -0.39 is 0 Å². The normalized spacial score (nSPS) is 9.50. The minimum atomic E-state index is 0. The second-order valence-electron chi connectivity index (χ2n) is 2.96. The zero-order valence-electron chi connectivity index (χ0n) is 9.10. The number of rotatable bonds is 2. The van der Waals surface area contributed by atoms with E-state index in [2.05, 4.69) is 32.7 Å². The Bertz CT molecular complexity index is 101. The van der Waals surface area contributed by atoms with Gasteiger partial charge in [-0.2, -0.15) is 0 Å². The monoisotopic (exact) mass is 135 g/mol. The fraction of sp³-hybridized carbons (Fsp3) is 0.875. The first kappa shape index (κ1) is 12.9. The molecule has 0 aliphatic heterocycles. The van der Waals surface area contributed by atoms with E-state index in [9.17, 15) is 0 Å². The van der Waals surface area contributed by atoms with Crippen molar-refractivity contribution in [3.8, 4) is 0 Å². The number of aliphatic imine (C=N–C) groups is 1. The Labute approximate surface area is 78.0 Å². The van der Waals surface area contributed by atoms with Crippen LogP contribution < -0.4 is 18.9 Å². The molecule has 56 valence electrons. The van der Waals surface area contributed by atoms with E-state index in [4.69, 9.17) is 0 Å². The molecule has 0 aromatic rings. The molecule has 2 heteroatoms. The van der Waals surface area contributed by atoms with Crippen LogP contribution >= 0.6 is 0 Å². The summed E-state index contributed by atoms with van der Waals surface area (Å²) in [5, 5.41) is 0. The predicted octanol–water partition coefficient (Wildman–Crippen LogP) is -0.514. The van der Waals surface area contributed by atoms with Crippen LogP contribution in [-0.2, 0) is 0 Å². The molecule has 1 nitrogen and oxygen atoms in total. The van der Waals surface area contributed by atoms with Gasteiger partial charge in [-0.15, -0.1) is 0 Å². The van der Waals surface area contributed by atoms with Gasteiger partial charge in [0.15, 0.2) is 0 Å². The molecule has 0 atom stereocenters. The van der Waals surface area contributed by atoms with Crippen molar-refractivity contribution < 1.29 is 20.3 Å². The topological polar surface area (TPSA) is 12.4 Å². The van der Waals surface area contributed by atoms with Gasteiger partial charge in [-0.1, -0.05) is 27.7 Å². The molecular formula is C8H18LiN. The number of hydrogen-bond donors (Lipinski definition) is 0. The summed E-state index contributed by atoms with van der Waals surface area (Å²) in [6.07, 6.45) is 0. The van der Waals surface area contributed by atoms with E-state index in [1.54, 1.807) is 0 Å². The van der Waals surface area contributed by atoms with Gasteiger partial charge in [0.2, 0.25) is 0 Å². The van der Waals surface area contributed by atoms with E-state index >= 15 is 0 Å². The van der Waals surface area contributed by atoms with E-state index in [0.29, 0.717) is 11.8 Å². The minimum absolute atomic E-state index is 0. The molecule has 0 aromatic heterocycles. The van der Waals surface area contributed by atoms with E-state index in [-0.39, 0.29) is 20.3 Å². The third kappa shape index (κ3) is 4.14. The van der Waals surface area contributed by atoms with Crippen LogP contribution in [-0.4, -0.2) is 12.8 Å². The molecule has 10 heavy (non-hydrogen) atoms. The van der Waals surface area contributed by atoms with Crippen LogP contribution in [0.25, 0.3) is 0 Å². The van der Waals surface area contributed by atoms with Crippen LogP contribution in [0.5, 0.6) is 0 Å². The van der Waals surface area contributed by atoms with Crippen LogP contribution in [0.1, 0.15) is 29.1 Å². The summed E-state index contributed by atoms with van der Waals surface area (Å²) < 4.78 is 0. The first-order valence-electron chi connectivity index (χ1n) is 3.56. The van der Waals surface area contributed by atoms with Gasteiger partial charge in [0.05, 0.1) is 0 Å². The minimum Gasteiger partial charge on any atom is -1.00 e. The molecule has 0 heterocycles. The van der Waals surface area contributed by atoms with Gasteiger partial charge < -0.3 is 1.43 Å². The molecule has 0 saturated carbocycles. The van der Waals surface area contributed by atoms with Gasteiger partial charge in [0, 0.05) is 12.8 Å². The Morgan fingerprint density at radius 2 is 1.40 bits per heavy atom. The zero-order valence-corrected chi connectivity index (χ0v) is 8.10. The fourth-order valence-electron chi connectivity index (χ4n) is 1.18. The van der Waals surface area contributed by atoms with Crippen LogP contribution in [0.3, 0.4) is 0 Å². The molecule has 0 fully saturated rings. The van der Waals surface area contributed by atoms with Gasteiger partial charge in [-0.3, -0.25) is 4.99 Å². The number of nitrogens with zero attached hydrogens (tertiary/aromatic N) is 1. The first-order valence-corrected chi connectivity index (χ1v) is 3.56. The first-order chi connectivity index (χ1) is 4.09. The van der Waals surface area contributed by atoms with Crippen molar-refractivity contribution in [2.75, 3.05) is 7.05 Å². The Hall–Kier alpha value is 0.267. The molecule has 0 N–H and O–H groups in total. The third-order valence-corrected chi connectivity index (χ3v) is 1.44. The van der Waals surface area contributed by atoms with Crippen LogP contribution in [0.4, 0.5) is 0 Å². The molecular weight excluding hydrogens is 117 g/mol. The smallest absolute Gasteiger partial charge is 1.00 e. The average molecular weight is 135 g/mol. The molecule has 0 aliphatic carbocycles. The molecule has 0 aliphatic rings. The standard InChI is InChI=1S/C8H17N.Li.H/c1-6(2)8(9-5)7(3)4;;/h6-7H,1-5H3;;/q;+1;-1. The molecule has 0 amide bonds. The van der Waals surface area contributed by atoms with Crippen molar-refractivity contribution in [2.24, 2.45) is 16.8 Å². The SMILES string of the molecule is CN=C(C(C)C)C(C)C.[H-].[Li+]. The van der Waals surface area contributed by atoms with Crippen LogP contribution in [0.2, 0.25) is 0 Å². The second kappa shape index (κ2) is 6.01. The summed E-state index contributed by atoms with van der Waals surface area (Å²) in [7, 11) is 1.87. The zero-order chi connectivity index (χ0) is 7.44. The summed E-state index contributed by atoms with van der Waals surface area (Å²) in [6, 6.07) is 0. The van der Waals surface area contributed by atoms with Crippen molar-refractivity contribution >= 4 is 5.71 Å². The van der Waals surface area contributed by atoms with E-state index in [1.807, 2.05) is 7.05 Å². The predicted molar refractivity (Wildman–Crippen MR) is 44.1 cm³/mol. The molecule has 0 spiro atoms. The van der Waals surface area contributed by atoms with Gasteiger partial charge in [0.25, 0.3) is 0 Å². The summed E-state index contributed by atoms with van der Waals surface area (Å²) in [5.74, 6) is 1.21. The molecule has 0 rings (SSSR count). The van der Waals surface area contributed by atoms with Crippen molar-refractivity contribution in [1.82, 2.24) is 0 Å². The van der Waals surface area contributed by atoms with Crippen LogP contribution in [0, 0.1) is 11.8 Å². The molecule has 0 unspecified atom stereocenters. The van der Waals surface area contributed by atoms with Crippen LogP contribution in [0.15, 0.2) is 4.99 Å². The summed E-state index contributed by atoms with van der Waals surface area (Å²) in [4.78, 5) is 4.20. The molecule has 0 bridgehead atoms. The molecule has 0 radical (unpaired) electrons. The maximum atomic E-state index is 4.20. The van der Waals surface area contributed by atoms with Crippen molar-refractivity contribution in [3.05, 3.63) is 0 Å². The Kier molecular flexibility index (Phi) is 7.75. The Morgan fingerprint density at radius 3 is 1.40 bits per heavy atom. The fourth-order valence-corrected chi connectivity index (χ4v) is 1.18. The van der Waals surface area contributed by atoms with E-state index in [0.717, 1.165) is 0 Å². The Morgan fingerprint density at radius 1 is 1.10 bits per heavy atom. The van der Waals surface area contributed by atoms with Gasteiger partial charge in [-0.05, 0) is 11.8 Å². The summed E-state index contributed by atoms with van der Waals surface area (Å²) in [6.45, 7) is 8.73. The van der Waals surface area contributed by atoms with Crippen molar-refractivity contribution in [3.63, 3.8) is 0 Å². The van der Waals surface area contributed by atoms with Gasteiger partial charge >= 0.3 is 18.9 Å². The third-order valence-electron chi connectivity index (χ3n) is 1.44. The maximum Gasteiger partial charge on any atom is 1.00 e. The second-order valence-corrected chi connectivity index (χ2v) is 2.96. The summed E-state index contributed by atoms with van der Waals surface area (Å²) >= 11 is 0. The average Bonchev–Trinajstić information content (AvgIpc) is 1.64. The maximum absolute atomic E-state index is 4.20. The summed E-state index contributed by atoms with van der Waals surface area (Å²) in [5.41, 5.74) is 1.31. The quantitative estimate of drug-likeness (QED) is 0.357. The van der Waals surface area contributed by atoms with Crippen molar-refractivity contribution in [2.45, 2.75) is 27.7 Å². The van der Waals surface area contributed by atoms with E-state index in [1.165, 1.54) is 5.71 Å². The number of hydrogen-bond acceptors (Lipinski definition) is 1. The van der Waals surface area contributed by atoms with Gasteiger partial charge in [0.1, 0.15) is 0 Å². The molecule has 0 saturated heterocycles. The Balaban J connectivity index is -0.000000320. The largest absolute Gasteiger partial charge is 1.00 e. The van der Waals surface area contributed by atoms with Crippen molar-refractivity contribution in [1.29, 1.82) is 0 Å².